The third-order valence-corrected chi connectivity index (χ3v) is 3.44. The van der Waals surface area contributed by atoms with Crippen LogP contribution in [0.25, 0.3) is 10.8 Å². The summed E-state index contributed by atoms with van der Waals surface area (Å²) >= 11 is 5.95. The number of rotatable bonds is 3. The monoisotopic (exact) mass is 296 g/mol. The van der Waals surface area contributed by atoms with Crippen LogP contribution in [0.4, 0.5) is 0 Å². The van der Waals surface area contributed by atoms with Gasteiger partial charge in [0.15, 0.2) is 0 Å². The van der Waals surface area contributed by atoms with Gasteiger partial charge in [-0.3, -0.25) is 5.41 Å². The number of nitrogen functional groups attached to an aromatic ring is 1. The molecule has 0 saturated carbocycles. The molecule has 104 valence electrons. The van der Waals surface area contributed by atoms with Gasteiger partial charge in [0, 0.05) is 10.4 Å². The highest BCUT2D eigenvalue weighted by Crippen LogP contribution is 2.32. The molecule has 0 aliphatic heterocycles. The highest BCUT2D eigenvalue weighted by atomic mass is 35.5. The van der Waals surface area contributed by atoms with Crippen LogP contribution in [0.1, 0.15) is 5.56 Å². The van der Waals surface area contributed by atoms with E-state index in [0.29, 0.717) is 16.3 Å². The molecule has 0 aliphatic rings. The van der Waals surface area contributed by atoms with E-state index in [-0.39, 0.29) is 5.84 Å². The molecule has 0 atom stereocenters. The number of halogens is 1. The van der Waals surface area contributed by atoms with E-state index in [4.69, 9.17) is 27.5 Å². The minimum atomic E-state index is -0.0762. The van der Waals surface area contributed by atoms with Crippen molar-refractivity contribution in [2.45, 2.75) is 0 Å². The van der Waals surface area contributed by atoms with Crippen molar-refractivity contribution in [1.29, 1.82) is 5.41 Å². The van der Waals surface area contributed by atoms with Crippen LogP contribution in [0.2, 0.25) is 5.02 Å². The van der Waals surface area contributed by atoms with Crippen molar-refractivity contribution in [3.63, 3.8) is 0 Å². The van der Waals surface area contributed by atoms with E-state index in [1.165, 1.54) is 0 Å². The van der Waals surface area contributed by atoms with Gasteiger partial charge in [-0.15, -0.1) is 0 Å². The number of ether oxygens (including phenoxy) is 1. The second-order valence-corrected chi connectivity index (χ2v) is 5.07. The van der Waals surface area contributed by atoms with Gasteiger partial charge in [0.1, 0.15) is 17.3 Å². The summed E-state index contributed by atoms with van der Waals surface area (Å²) in [6.45, 7) is 0. The Morgan fingerprint density at radius 3 is 2.52 bits per heavy atom. The normalized spacial score (nSPS) is 10.5. The summed E-state index contributed by atoms with van der Waals surface area (Å²) in [6.07, 6.45) is 0. The third-order valence-electron chi connectivity index (χ3n) is 3.20. The molecule has 0 radical (unpaired) electrons. The van der Waals surface area contributed by atoms with E-state index >= 15 is 0 Å². The average molecular weight is 297 g/mol. The van der Waals surface area contributed by atoms with Gasteiger partial charge >= 0.3 is 0 Å². The molecule has 3 rings (SSSR count). The van der Waals surface area contributed by atoms with Crippen LogP contribution in [0.5, 0.6) is 11.5 Å². The quantitative estimate of drug-likeness (QED) is 0.549. The zero-order chi connectivity index (χ0) is 14.8. The Kier molecular flexibility index (Phi) is 3.50. The smallest absolute Gasteiger partial charge is 0.138 e. The van der Waals surface area contributed by atoms with Crippen molar-refractivity contribution in [2.24, 2.45) is 5.73 Å². The number of nitrogens with one attached hydrogen (secondary N) is 1. The number of fused-ring (bicyclic) bond motifs is 1. The molecule has 0 saturated heterocycles. The number of hydrogen-bond acceptors (Lipinski definition) is 2. The highest BCUT2D eigenvalue weighted by molar-refractivity contribution is 6.31. The summed E-state index contributed by atoms with van der Waals surface area (Å²) in [5, 5.41) is 10.3. The maximum atomic E-state index is 7.64. The lowest BCUT2D eigenvalue weighted by Gasteiger charge is -2.12. The fourth-order valence-corrected chi connectivity index (χ4v) is 2.38. The van der Waals surface area contributed by atoms with Crippen molar-refractivity contribution in [3.05, 3.63) is 71.2 Å². The van der Waals surface area contributed by atoms with Crippen LogP contribution in [0.15, 0.2) is 60.7 Å². The first kappa shape index (κ1) is 13.5. The van der Waals surface area contributed by atoms with Crippen LogP contribution < -0.4 is 10.5 Å². The van der Waals surface area contributed by atoms with E-state index in [1.807, 2.05) is 42.5 Å². The first-order chi connectivity index (χ1) is 10.1. The van der Waals surface area contributed by atoms with Gasteiger partial charge in [-0.1, -0.05) is 48.0 Å². The molecular formula is C17H13ClN2O. The second kappa shape index (κ2) is 5.46. The van der Waals surface area contributed by atoms with Crippen LogP contribution >= 0.6 is 11.6 Å². The second-order valence-electron chi connectivity index (χ2n) is 4.63. The topological polar surface area (TPSA) is 59.1 Å². The van der Waals surface area contributed by atoms with Crippen molar-refractivity contribution in [2.75, 3.05) is 0 Å². The number of amidine groups is 1. The lowest BCUT2D eigenvalue weighted by molar-refractivity contribution is 0.487. The van der Waals surface area contributed by atoms with Gasteiger partial charge < -0.3 is 10.5 Å². The molecule has 3 nitrogen and oxygen atoms in total. The van der Waals surface area contributed by atoms with Gasteiger partial charge in [-0.2, -0.15) is 0 Å². The summed E-state index contributed by atoms with van der Waals surface area (Å²) in [5.74, 6) is 1.16. The van der Waals surface area contributed by atoms with Gasteiger partial charge in [0.25, 0.3) is 0 Å². The number of benzene rings is 3. The molecule has 0 heterocycles. The molecule has 0 aromatic heterocycles. The average Bonchev–Trinajstić information content (AvgIpc) is 2.49. The van der Waals surface area contributed by atoms with Crippen molar-refractivity contribution in [3.8, 4) is 11.5 Å². The predicted molar refractivity (Wildman–Crippen MR) is 86.5 cm³/mol. The summed E-state index contributed by atoms with van der Waals surface area (Å²) in [6, 6.07) is 18.9. The number of hydrogen-bond donors (Lipinski definition) is 2. The molecule has 0 aliphatic carbocycles. The maximum Gasteiger partial charge on any atom is 0.138 e. The number of nitrogens with two attached hydrogens (primary N) is 1. The van der Waals surface area contributed by atoms with Crippen molar-refractivity contribution >= 4 is 28.2 Å². The molecule has 4 heteroatoms. The van der Waals surface area contributed by atoms with Crippen LogP contribution in [-0.2, 0) is 0 Å². The standard InChI is InChI=1S/C17H13ClN2O/c18-12-8-9-16(14(10-12)17(19)20)21-15-7-3-5-11-4-1-2-6-13(11)15/h1-10H,(H3,19,20). The van der Waals surface area contributed by atoms with Crippen molar-refractivity contribution < 1.29 is 4.74 Å². The zero-order valence-corrected chi connectivity index (χ0v) is 11.9. The molecule has 0 unspecified atom stereocenters. The van der Waals surface area contributed by atoms with E-state index in [1.54, 1.807) is 18.2 Å². The summed E-state index contributed by atoms with van der Waals surface area (Å²) in [5.41, 5.74) is 6.08. The fraction of sp³-hybridized carbons (Fsp3) is 0. The molecule has 3 aromatic carbocycles. The Bertz CT molecular complexity index is 825. The first-order valence-corrected chi connectivity index (χ1v) is 6.82. The van der Waals surface area contributed by atoms with Crippen LogP contribution in [0.3, 0.4) is 0 Å². The highest BCUT2D eigenvalue weighted by Gasteiger charge is 2.10. The molecule has 0 fully saturated rings. The Morgan fingerprint density at radius 2 is 1.71 bits per heavy atom. The molecule has 3 aromatic rings. The Hall–Kier alpha value is -2.52. The van der Waals surface area contributed by atoms with E-state index < -0.39 is 0 Å². The lowest BCUT2D eigenvalue weighted by atomic mass is 10.1. The Labute approximate surface area is 127 Å². The Morgan fingerprint density at radius 1 is 0.952 bits per heavy atom. The summed E-state index contributed by atoms with van der Waals surface area (Å²) in [7, 11) is 0. The zero-order valence-electron chi connectivity index (χ0n) is 11.1. The molecule has 3 N–H and O–H groups in total. The molecule has 0 spiro atoms. The fourth-order valence-electron chi connectivity index (χ4n) is 2.20. The SMILES string of the molecule is N=C(N)c1cc(Cl)ccc1Oc1cccc2ccccc12. The Balaban J connectivity index is 2.09. The summed E-state index contributed by atoms with van der Waals surface area (Å²) in [4.78, 5) is 0. The predicted octanol–water partition coefficient (Wildman–Crippen LogP) is 4.57. The minimum absolute atomic E-state index is 0.0762. The maximum absolute atomic E-state index is 7.64. The third kappa shape index (κ3) is 2.69. The van der Waals surface area contributed by atoms with Crippen LogP contribution in [0, 0.1) is 5.41 Å². The molecule has 21 heavy (non-hydrogen) atoms. The molecular weight excluding hydrogens is 284 g/mol. The van der Waals surface area contributed by atoms with Crippen LogP contribution in [-0.4, -0.2) is 5.84 Å². The van der Waals surface area contributed by atoms with Gasteiger partial charge in [-0.25, -0.2) is 0 Å². The van der Waals surface area contributed by atoms with E-state index in [0.717, 1.165) is 16.5 Å². The largest absolute Gasteiger partial charge is 0.456 e. The van der Waals surface area contributed by atoms with E-state index in [9.17, 15) is 0 Å². The summed E-state index contributed by atoms with van der Waals surface area (Å²) < 4.78 is 5.96. The molecule has 0 amide bonds. The van der Waals surface area contributed by atoms with Gasteiger partial charge in [0.2, 0.25) is 0 Å². The first-order valence-electron chi connectivity index (χ1n) is 6.45. The van der Waals surface area contributed by atoms with Crippen molar-refractivity contribution in [1.82, 2.24) is 0 Å². The van der Waals surface area contributed by atoms with Gasteiger partial charge in [-0.05, 0) is 29.7 Å². The van der Waals surface area contributed by atoms with E-state index in [2.05, 4.69) is 0 Å². The lowest BCUT2D eigenvalue weighted by Crippen LogP contribution is -2.12. The minimum Gasteiger partial charge on any atom is -0.456 e. The molecule has 0 bridgehead atoms. The van der Waals surface area contributed by atoms with Gasteiger partial charge in [0.05, 0.1) is 5.56 Å².